The number of methoxy groups -OCH3 is 1. The second-order valence-electron chi connectivity index (χ2n) is 5.91. The first-order chi connectivity index (χ1) is 11.2. The van der Waals surface area contributed by atoms with Gasteiger partial charge < -0.3 is 14.8 Å². The van der Waals surface area contributed by atoms with Crippen molar-refractivity contribution < 1.29 is 14.6 Å². The molecule has 2 N–H and O–H groups in total. The minimum absolute atomic E-state index is 0. The Morgan fingerprint density at radius 1 is 1.38 bits per heavy atom. The fraction of sp³-hybridized carbons (Fsp3) is 0.389. The molecule has 0 aliphatic carbocycles. The minimum Gasteiger partial charge on any atom is -0.512 e. The van der Waals surface area contributed by atoms with Crippen LogP contribution >= 0.6 is 12.4 Å². The smallest absolute Gasteiger partial charge is 0.338 e. The number of nitrogens with one attached hydrogen (secondary N) is 1. The molecule has 0 unspecified atom stereocenters. The fourth-order valence-corrected chi connectivity index (χ4v) is 3.14. The molecule has 2 aromatic rings. The van der Waals surface area contributed by atoms with Crippen molar-refractivity contribution in [2.75, 3.05) is 26.7 Å². The molecule has 3 rings (SSSR count). The van der Waals surface area contributed by atoms with Gasteiger partial charge in [0.1, 0.15) is 5.76 Å². The number of aliphatic hydroxyl groups is 1. The van der Waals surface area contributed by atoms with Crippen LogP contribution in [0.15, 0.2) is 41.8 Å². The van der Waals surface area contributed by atoms with Gasteiger partial charge in [-0.25, -0.2) is 4.79 Å². The van der Waals surface area contributed by atoms with E-state index in [1.54, 1.807) is 0 Å². The summed E-state index contributed by atoms with van der Waals surface area (Å²) < 4.78 is 4.73. The van der Waals surface area contributed by atoms with E-state index in [-0.39, 0.29) is 18.2 Å². The molecule has 0 bridgehead atoms. The quantitative estimate of drug-likeness (QED) is 0.813. The summed E-state index contributed by atoms with van der Waals surface area (Å²) >= 11 is 0. The Bertz CT molecular complexity index is 739. The summed E-state index contributed by atoms with van der Waals surface area (Å²) in [6, 6.07) is 8.31. The predicted molar refractivity (Wildman–Crippen MR) is 96.6 cm³/mol. The lowest BCUT2D eigenvalue weighted by atomic mass is 10.1. The topological polar surface area (TPSA) is 65.6 Å². The van der Waals surface area contributed by atoms with Gasteiger partial charge in [0, 0.05) is 36.6 Å². The van der Waals surface area contributed by atoms with Crippen LogP contribution in [-0.4, -0.2) is 47.7 Å². The van der Waals surface area contributed by atoms with Crippen LogP contribution < -0.4 is 0 Å². The van der Waals surface area contributed by atoms with Crippen molar-refractivity contribution in [2.45, 2.75) is 19.3 Å². The van der Waals surface area contributed by atoms with Crippen LogP contribution in [0.5, 0.6) is 0 Å². The number of ether oxygens (including phenoxy) is 1. The maximum absolute atomic E-state index is 11.7. The molecule has 24 heavy (non-hydrogen) atoms. The molecule has 0 saturated carbocycles. The van der Waals surface area contributed by atoms with Gasteiger partial charge in [-0.05, 0) is 31.0 Å². The average molecular weight is 351 g/mol. The number of hydrogen-bond donors (Lipinski definition) is 2. The number of aliphatic hydroxyl groups excluding tert-OH is 1. The number of aryl methyl sites for hydroxylation is 1. The second-order valence-corrected chi connectivity index (χ2v) is 5.91. The number of aromatic nitrogens is 1. The summed E-state index contributed by atoms with van der Waals surface area (Å²) in [5, 5.41) is 11.1. The number of H-pyrrole nitrogens is 1. The van der Waals surface area contributed by atoms with Gasteiger partial charge in [0.15, 0.2) is 0 Å². The number of benzene rings is 1. The van der Waals surface area contributed by atoms with Crippen molar-refractivity contribution in [1.82, 2.24) is 9.88 Å². The second kappa shape index (κ2) is 8.22. The van der Waals surface area contributed by atoms with E-state index in [2.05, 4.69) is 34.3 Å². The maximum atomic E-state index is 11.7. The molecule has 0 spiro atoms. The Morgan fingerprint density at radius 3 is 2.96 bits per heavy atom. The lowest BCUT2D eigenvalue weighted by Gasteiger charge is -2.27. The van der Waals surface area contributed by atoms with Crippen molar-refractivity contribution >= 4 is 29.3 Å². The monoisotopic (exact) mass is 350 g/mol. The number of nitrogens with zero attached hydrogens (tertiary/aromatic N) is 1. The maximum Gasteiger partial charge on any atom is 0.338 e. The summed E-state index contributed by atoms with van der Waals surface area (Å²) in [5.74, 6) is -0.256. The zero-order chi connectivity index (χ0) is 16.2. The average Bonchev–Trinajstić information content (AvgIpc) is 2.99. The molecule has 130 valence electrons. The zero-order valence-corrected chi connectivity index (χ0v) is 14.6. The molecule has 1 aliphatic rings. The number of halogens is 1. The molecule has 0 fully saturated rings. The number of para-hydroxylation sites is 1. The third-order valence-corrected chi connectivity index (χ3v) is 4.42. The van der Waals surface area contributed by atoms with E-state index in [0.29, 0.717) is 18.5 Å². The van der Waals surface area contributed by atoms with E-state index in [1.807, 2.05) is 6.07 Å². The van der Waals surface area contributed by atoms with Crippen molar-refractivity contribution in [3.63, 3.8) is 0 Å². The molecule has 1 aliphatic heterocycles. The van der Waals surface area contributed by atoms with Crippen LogP contribution in [0.1, 0.15) is 18.4 Å². The summed E-state index contributed by atoms with van der Waals surface area (Å²) in [5.41, 5.74) is 2.89. The molecular weight excluding hydrogens is 328 g/mol. The van der Waals surface area contributed by atoms with Crippen molar-refractivity contribution in [1.29, 1.82) is 0 Å². The van der Waals surface area contributed by atoms with Gasteiger partial charge in [-0.3, -0.25) is 4.90 Å². The van der Waals surface area contributed by atoms with E-state index >= 15 is 0 Å². The Hall–Kier alpha value is -1.98. The highest BCUT2D eigenvalue weighted by Gasteiger charge is 2.24. The summed E-state index contributed by atoms with van der Waals surface area (Å²) in [6.07, 6.45) is 4.59. The van der Waals surface area contributed by atoms with E-state index in [9.17, 15) is 9.90 Å². The SMILES string of the molecule is COC(=O)C1=C(O)CCN(CCCc2c[nH]c3ccccc23)C1.Cl. The molecule has 6 heteroatoms. The van der Waals surface area contributed by atoms with Gasteiger partial charge in [0.2, 0.25) is 0 Å². The third-order valence-electron chi connectivity index (χ3n) is 4.42. The van der Waals surface area contributed by atoms with E-state index in [1.165, 1.54) is 23.6 Å². The molecule has 0 atom stereocenters. The van der Waals surface area contributed by atoms with Gasteiger partial charge in [0.25, 0.3) is 0 Å². The summed E-state index contributed by atoms with van der Waals surface area (Å²) in [6.45, 7) is 2.14. The van der Waals surface area contributed by atoms with Gasteiger partial charge >= 0.3 is 5.97 Å². The van der Waals surface area contributed by atoms with Gasteiger partial charge in [-0.2, -0.15) is 0 Å². The normalized spacial score (nSPS) is 15.4. The molecule has 1 aromatic heterocycles. The lowest BCUT2D eigenvalue weighted by Crippen LogP contribution is -2.35. The number of carbonyl (C=O) groups excluding carboxylic acids is 1. The van der Waals surface area contributed by atoms with Crippen LogP contribution in [0.3, 0.4) is 0 Å². The van der Waals surface area contributed by atoms with Gasteiger partial charge in [-0.1, -0.05) is 18.2 Å². The number of rotatable bonds is 5. The molecule has 1 aromatic carbocycles. The summed E-state index contributed by atoms with van der Waals surface area (Å²) in [7, 11) is 1.35. The third kappa shape index (κ3) is 3.91. The highest BCUT2D eigenvalue weighted by atomic mass is 35.5. The van der Waals surface area contributed by atoms with Crippen molar-refractivity contribution in [3.05, 3.63) is 47.4 Å². The Morgan fingerprint density at radius 2 is 2.17 bits per heavy atom. The highest BCUT2D eigenvalue weighted by Crippen LogP contribution is 2.20. The molecule has 0 amide bonds. The molecule has 0 radical (unpaired) electrons. The number of aromatic amines is 1. The first kappa shape index (κ1) is 18.4. The number of hydrogen-bond acceptors (Lipinski definition) is 4. The van der Waals surface area contributed by atoms with Gasteiger partial charge in [-0.15, -0.1) is 12.4 Å². The Balaban J connectivity index is 0.00000208. The van der Waals surface area contributed by atoms with Gasteiger partial charge in [0.05, 0.1) is 12.7 Å². The molecule has 2 heterocycles. The Kier molecular flexibility index (Phi) is 6.29. The predicted octanol–water partition coefficient (Wildman–Crippen LogP) is 3.21. The van der Waals surface area contributed by atoms with Crippen LogP contribution in [0.25, 0.3) is 10.9 Å². The number of carbonyl (C=O) groups is 1. The highest BCUT2D eigenvalue weighted by molar-refractivity contribution is 5.89. The van der Waals surface area contributed by atoms with E-state index in [0.717, 1.165) is 25.9 Å². The molecule has 5 nitrogen and oxygen atoms in total. The molecule has 0 saturated heterocycles. The zero-order valence-electron chi connectivity index (χ0n) is 13.7. The van der Waals surface area contributed by atoms with Crippen LogP contribution in [0, 0.1) is 0 Å². The first-order valence-electron chi connectivity index (χ1n) is 7.95. The van der Waals surface area contributed by atoms with Crippen LogP contribution in [0.4, 0.5) is 0 Å². The molecular formula is C18H23ClN2O3. The Labute approximate surface area is 147 Å². The summed E-state index contributed by atoms with van der Waals surface area (Å²) in [4.78, 5) is 17.2. The van der Waals surface area contributed by atoms with Crippen LogP contribution in [0.2, 0.25) is 0 Å². The van der Waals surface area contributed by atoms with E-state index < -0.39 is 5.97 Å². The number of esters is 1. The number of fused-ring (bicyclic) bond motifs is 1. The standard InChI is InChI=1S/C18H22N2O3.ClH/c1-23-18(22)15-12-20(10-8-17(15)21)9-4-5-13-11-19-16-7-3-2-6-14(13)16;/h2-3,6-7,11,19,21H,4-5,8-10,12H2,1H3;1H. The van der Waals surface area contributed by atoms with Crippen molar-refractivity contribution in [3.8, 4) is 0 Å². The lowest BCUT2D eigenvalue weighted by molar-refractivity contribution is -0.136. The van der Waals surface area contributed by atoms with Crippen molar-refractivity contribution in [2.24, 2.45) is 0 Å². The van der Waals surface area contributed by atoms with E-state index in [4.69, 9.17) is 4.74 Å². The minimum atomic E-state index is -0.427. The fourth-order valence-electron chi connectivity index (χ4n) is 3.14. The first-order valence-corrected chi connectivity index (χ1v) is 7.95. The van der Waals surface area contributed by atoms with Crippen LogP contribution in [-0.2, 0) is 16.0 Å². The largest absolute Gasteiger partial charge is 0.512 e.